The molecule has 0 aliphatic heterocycles. The van der Waals surface area contributed by atoms with E-state index in [2.05, 4.69) is 28.2 Å². The van der Waals surface area contributed by atoms with Crippen molar-refractivity contribution in [3.8, 4) is 22.3 Å². The molecule has 0 aliphatic rings. The molecule has 0 aliphatic carbocycles. The molecule has 0 amide bonds. The predicted molar refractivity (Wildman–Crippen MR) is 104 cm³/mol. The molecular formula is C22H24N2O2. The average molecular weight is 348 g/mol. The fourth-order valence-corrected chi connectivity index (χ4v) is 2.83. The van der Waals surface area contributed by atoms with Crippen molar-refractivity contribution in [2.45, 2.75) is 38.4 Å². The lowest BCUT2D eigenvalue weighted by molar-refractivity contribution is -0.118. The van der Waals surface area contributed by atoms with Crippen LogP contribution in [0, 0.1) is 0 Å². The number of rotatable bonds is 5. The molecule has 3 aromatic rings. The molecule has 1 unspecified atom stereocenters. The Kier molecular flexibility index (Phi) is 4.90. The van der Waals surface area contributed by atoms with E-state index in [0.29, 0.717) is 6.42 Å². The van der Waals surface area contributed by atoms with Gasteiger partial charge in [0, 0.05) is 31.2 Å². The van der Waals surface area contributed by atoms with Crippen LogP contribution < -0.4 is 0 Å². The number of pyridine rings is 2. The number of aromatic nitrogens is 2. The monoisotopic (exact) mass is 348 g/mol. The molecule has 0 spiro atoms. The van der Waals surface area contributed by atoms with Crippen LogP contribution in [0.25, 0.3) is 22.3 Å². The van der Waals surface area contributed by atoms with Gasteiger partial charge in [-0.05, 0) is 78.9 Å². The first-order chi connectivity index (χ1) is 12.3. The molecule has 0 bridgehead atoms. The predicted octanol–water partition coefficient (Wildman–Crippen LogP) is 3.88. The third-order valence-corrected chi connectivity index (χ3v) is 4.89. The highest BCUT2D eigenvalue weighted by atomic mass is 16.3. The first-order valence-electron chi connectivity index (χ1n) is 8.66. The summed E-state index contributed by atoms with van der Waals surface area (Å²) in [6.45, 7) is 4.92. The van der Waals surface area contributed by atoms with E-state index in [1.807, 2.05) is 24.3 Å². The van der Waals surface area contributed by atoms with E-state index in [1.54, 1.807) is 45.6 Å². The van der Waals surface area contributed by atoms with Crippen LogP contribution in [0.4, 0.5) is 0 Å². The third-order valence-electron chi connectivity index (χ3n) is 4.89. The Balaban J connectivity index is 2.10. The molecular weight excluding hydrogens is 324 g/mol. The summed E-state index contributed by atoms with van der Waals surface area (Å²) in [4.78, 5) is 8.17. The number of hydrogen-bond donors (Lipinski definition) is 2. The Hall–Kier alpha value is -2.56. The van der Waals surface area contributed by atoms with E-state index in [4.69, 9.17) is 0 Å². The van der Waals surface area contributed by atoms with Crippen molar-refractivity contribution in [2.75, 3.05) is 0 Å². The van der Waals surface area contributed by atoms with Gasteiger partial charge in [0.25, 0.3) is 0 Å². The Bertz CT molecular complexity index is 812. The fraction of sp³-hybridized carbons (Fsp3) is 0.273. The summed E-state index contributed by atoms with van der Waals surface area (Å²) in [5.41, 5.74) is 2.69. The van der Waals surface area contributed by atoms with Crippen LogP contribution in [-0.2, 0) is 6.42 Å². The van der Waals surface area contributed by atoms with Crippen LogP contribution in [0.2, 0.25) is 0 Å². The molecule has 0 radical (unpaired) electrons. The zero-order valence-electron chi connectivity index (χ0n) is 15.3. The first-order valence-corrected chi connectivity index (χ1v) is 8.66. The largest absolute Gasteiger partial charge is 0.387 e. The quantitative estimate of drug-likeness (QED) is 0.734. The number of hydrogen-bond acceptors (Lipinski definition) is 4. The van der Waals surface area contributed by atoms with Gasteiger partial charge in [-0.3, -0.25) is 9.97 Å². The smallest absolute Gasteiger partial charge is 0.0940 e. The van der Waals surface area contributed by atoms with Gasteiger partial charge in [0.2, 0.25) is 0 Å². The standard InChI is InChI=1S/C22H24N2O2/c1-21(2,25)22(3,26)15-16-12-19(17-4-8-23-9-5-17)14-20(13-16)18-6-10-24-11-7-18/h4-14,25-26H,15H2,1-3H3. The van der Waals surface area contributed by atoms with E-state index in [1.165, 1.54) is 0 Å². The zero-order chi connectivity index (χ0) is 18.8. The fourth-order valence-electron chi connectivity index (χ4n) is 2.83. The first kappa shape index (κ1) is 18.2. The molecule has 26 heavy (non-hydrogen) atoms. The third kappa shape index (κ3) is 3.98. The summed E-state index contributed by atoms with van der Waals surface area (Å²) in [6, 6.07) is 14.1. The van der Waals surface area contributed by atoms with E-state index >= 15 is 0 Å². The molecule has 0 saturated heterocycles. The van der Waals surface area contributed by atoms with Crippen molar-refractivity contribution in [3.63, 3.8) is 0 Å². The summed E-state index contributed by atoms with van der Waals surface area (Å²) >= 11 is 0. The molecule has 1 aromatic carbocycles. The highest BCUT2D eigenvalue weighted by molar-refractivity contribution is 5.73. The van der Waals surface area contributed by atoms with Gasteiger partial charge >= 0.3 is 0 Å². The minimum atomic E-state index is -1.25. The maximum absolute atomic E-state index is 10.8. The summed E-state index contributed by atoms with van der Waals surface area (Å²) in [7, 11) is 0. The van der Waals surface area contributed by atoms with Crippen LogP contribution >= 0.6 is 0 Å². The van der Waals surface area contributed by atoms with E-state index in [0.717, 1.165) is 27.8 Å². The summed E-state index contributed by atoms with van der Waals surface area (Å²) in [6.07, 6.45) is 7.40. The maximum Gasteiger partial charge on any atom is 0.0940 e. The van der Waals surface area contributed by atoms with E-state index in [9.17, 15) is 10.2 Å². The minimum Gasteiger partial charge on any atom is -0.387 e. The SMILES string of the molecule is CC(C)(O)C(C)(O)Cc1cc(-c2ccncc2)cc(-c2ccncc2)c1. The van der Waals surface area contributed by atoms with Gasteiger partial charge in [0.15, 0.2) is 0 Å². The van der Waals surface area contributed by atoms with Gasteiger partial charge in [-0.15, -0.1) is 0 Å². The molecule has 2 aromatic heterocycles. The van der Waals surface area contributed by atoms with Crippen molar-refractivity contribution in [1.82, 2.24) is 9.97 Å². The van der Waals surface area contributed by atoms with Crippen LogP contribution in [0.3, 0.4) is 0 Å². The summed E-state index contributed by atoms with van der Waals surface area (Å²) in [5.74, 6) is 0. The molecule has 1 atom stereocenters. The Morgan fingerprint density at radius 2 is 1.12 bits per heavy atom. The highest BCUT2D eigenvalue weighted by Crippen LogP contribution is 2.32. The number of benzene rings is 1. The second-order valence-corrected chi connectivity index (χ2v) is 7.40. The number of nitrogens with zero attached hydrogens (tertiary/aromatic N) is 2. The lowest BCUT2D eigenvalue weighted by Gasteiger charge is -2.36. The Morgan fingerprint density at radius 3 is 1.50 bits per heavy atom. The Morgan fingerprint density at radius 1 is 0.692 bits per heavy atom. The van der Waals surface area contributed by atoms with E-state index in [-0.39, 0.29) is 0 Å². The second kappa shape index (κ2) is 6.98. The van der Waals surface area contributed by atoms with Gasteiger partial charge in [-0.1, -0.05) is 12.1 Å². The highest BCUT2D eigenvalue weighted by Gasteiger charge is 2.37. The van der Waals surface area contributed by atoms with Gasteiger partial charge in [0.1, 0.15) is 0 Å². The zero-order valence-corrected chi connectivity index (χ0v) is 15.3. The second-order valence-electron chi connectivity index (χ2n) is 7.40. The lowest BCUT2D eigenvalue weighted by atomic mass is 9.81. The Labute approximate surface area is 154 Å². The minimum absolute atomic E-state index is 0.341. The number of aliphatic hydroxyl groups is 2. The van der Waals surface area contributed by atoms with Crippen LogP contribution in [0.15, 0.2) is 67.3 Å². The van der Waals surface area contributed by atoms with Crippen molar-refractivity contribution < 1.29 is 10.2 Å². The molecule has 3 rings (SSSR count). The summed E-state index contributed by atoms with van der Waals surface area (Å²) < 4.78 is 0. The van der Waals surface area contributed by atoms with Crippen molar-refractivity contribution in [3.05, 3.63) is 72.8 Å². The van der Waals surface area contributed by atoms with Crippen LogP contribution in [0.1, 0.15) is 26.3 Å². The topological polar surface area (TPSA) is 66.2 Å². The van der Waals surface area contributed by atoms with Crippen LogP contribution in [0.5, 0.6) is 0 Å². The molecule has 4 heteroatoms. The molecule has 134 valence electrons. The summed E-state index contributed by atoms with van der Waals surface area (Å²) in [5, 5.41) is 21.1. The lowest BCUT2D eigenvalue weighted by Crippen LogP contribution is -2.49. The normalized spacial score (nSPS) is 14.0. The van der Waals surface area contributed by atoms with Crippen molar-refractivity contribution in [2.24, 2.45) is 0 Å². The molecule has 0 fully saturated rings. The molecule has 0 saturated carbocycles. The maximum atomic E-state index is 10.8. The van der Waals surface area contributed by atoms with Crippen molar-refractivity contribution >= 4 is 0 Å². The molecule has 2 N–H and O–H groups in total. The average Bonchev–Trinajstić information content (AvgIpc) is 2.61. The van der Waals surface area contributed by atoms with Gasteiger partial charge in [-0.2, -0.15) is 0 Å². The molecule has 4 nitrogen and oxygen atoms in total. The van der Waals surface area contributed by atoms with Gasteiger partial charge in [0.05, 0.1) is 11.2 Å². The van der Waals surface area contributed by atoms with Crippen LogP contribution in [-0.4, -0.2) is 31.4 Å². The molecule has 2 heterocycles. The van der Waals surface area contributed by atoms with Gasteiger partial charge in [-0.25, -0.2) is 0 Å². The van der Waals surface area contributed by atoms with E-state index < -0.39 is 11.2 Å². The van der Waals surface area contributed by atoms with Gasteiger partial charge < -0.3 is 10.2 Å². The van der Waals surface area contributed by atoms with Crippen molar-refractivity contribution in [1.29, 1.82) is 0 Å².